The minimum absolute atomic E-state index is 0.140. The number of hydrogen-bond acceptors (Lipinski definition) is 4. The molecule has 21 heavy (non-hydrogen) atoms. The van der Waals surface area contributed by atoms with Gasteiger partial charge in [0.1, 0.15) is 0 Å². The molecule has 5 nitrogen and oxygen atoms in total. The van der Waals surface area contributed by atoms with E-state index >= 15 is 0 Å². The lowest BCUT2D eigenvalue weighted by Crippen LogP contribution is -2.51. The van der Waals surface area contributed by atoms with E-state index in [2.05, 4.69) is 0 Å². The number of rotatable bonds is 5. The summed E-state index contributed by atoms with van der Waals surface area (Å²) >= 11 is 0. The third kappa shape index (κ3) is 4.52. The Labute approximate surface area is 125 Å². The molecule has 3 N–H and O–H groups in total. The van der Waals surface area contributed by atoms with Crippen molar-refractivity contribution < 1.29 is 14.6 Å². The van der Waals surface area contributed by atoms with Gasteiger partial charge >= 0.3 is 0 Å². The van der Waals surface area contributed by atoms with Gasteiger partial charge in [0.2, 0.25) is 5.91 Å². The molecule has 1 aliphatic heterocycles. The molecule has 0 aliphatic carbocycles. The highest BCUT2D eigenvalue weighted by Crippen LogP contribution is 2.21. The highest BCUT2D eigenvalue weighted by Gasteiger charge is 2.33. The molecular weight excluding hydrogens is 268 g/mol. The van der Waals surface area contributed by atoms with Crippen LogP contribution in [-0.4, -0.2) is 54.4 Å². The van der Waals surface area contributed by atoms with Crippen molar-refractivity contribution in [1.29, 1.82) is 0 Å². The standard InChI is InChI=1S/C16H24N2O3/c1-18(12-16(20)7-9-21-10-8-16)15(19)14(17)11-13-5-3-2-4-6-13/h2-6,14,20H,7-12,17H2,1H3/t14-/m1/s1. The number of likely N-dealkylation sites (N-methyl/N-ethyl adjacent to an activating group) is 1. The summed E-state index contributed by atoms with van der Waals surface area (Å²) in [6, 6.07) is 9.13. The molecule has 1 heterocycles. The average molecular weight is 292 g/mol. The molecule has 0 spiro atoms. The highest BCUT2D eigenvalue weighted by atomic mass is 16.5. The zero-order valence-electron chi connectivity index (χ0n) is 12.5. The van der Waals surface area contributed by atoms with Gasteiger partial charge in [-0.2, -0.15) is 0 Å². The van der Waals surface area contributed by atoms with Crippen LogP contribution in [0.5, 0.6) is 0 Å². The lowest BCUT2D eigenvalue weighted by molar-refractivity contribution is -0.138. The Balaban J connectivity index is 1.89. The highest BCUT2D eigenvalue weighted by molar-refractivity contribution is 5.81. The van der Waals surface area contributed by atoms with Crippen molar-refractivity contribution in [3.63, 3.8) is 0 Å². The summed E-state index contributed by atoms with van der Waals surface area (Å²) < 4.78 is 5.25. The first-order valence-electron chi connectivity index (χ1n) is 7.35. The Morgan fingerprint density at radius 1 is 1.38 bits per heavy atom. The van der Waals surface area contributed by atoms with E-state index in [-0.39, 0.29) is 5.91 Å². The Bertz CT molecular complexity index is 458. The van der Waals surface area contributed by atoms with Gasteiger partial charge in [0.15, 0.2) is 0 Å². The van der Waals surface area contributed by atoms with Crippen LogP contribution in [0, 0.1) is 0 Å². The van der Waals surface area contributed by atoms with Crippen molar-refractivity contribution in [1.82, 2.24) is 4.90 Å². The van der Waals surface area contributed by atoms with Crippen LogP contribution >= 0.6 is 0 Å². The number of carbonyl (C=O) groups is 1. The quantitative estimate of drug-likeness (QED) is 0.831. The maximum atomic E-state index is 12.3. The smallest absolute Gasteiger partial charge is 0.239 e. The summed E-state index contributed by atoms with van der Waals surface area (Å²) in [5.74, 6) is -0.140. The number of nitrogens with zero attached hydrogens (tertiary/aromatic N) is 1. The molecule has 1 fully saturated rings. The Hall–Kier alpha value is -1.43. The number of benzene rings is 1. The molecule has 1 saturated heterocycles. The summed E-state index contributed by atoms with van der Waals surface area (Å²) in [7, 11) is 1.70. The van der Waals surface area contributed by atoms with Crippen molar-refractivity contribution in [2.24, 2.45) is 5.73 Å². The first-order chi connectivity index (χ1) is 10.0. The van der Waals surface area contributed by atoms with Crippen molar-refractivity contribution in [2.45, 2.75) is 30.9 Å². The Kier molecular flexibility index (Phi) is 5.33. The monoisotopic (exact) mass is 292 g/mol. The molecule has 1 aromatic rings. The molecule has 0 radical (unpaired) electrons. The third-order valence-corrected chi connectivity index (χ3v) is 3.95. The van der Waals surface area contributed by atoms with E-state index in [4.69, 9.17) is 10.5 Å². The Morgan fingerprint density at radius 2 is 2.00 bits per heavy atom. The normalized spacial score (nSPS) is 19.0. The molecule has 0 bridgehead atoms. The molecule has 2 rings (SSSR count). The van der Waals surface area contributed by atoms with Crippen LogP contribution in [0.15, 0.2) is 30.3 Å². The van der Waals surface area contributed by atoms with Crippen LogP contribution < -0.4 is 5.73 Å². The van der Waals surface area contributed by atoms with Crippen molar-refractivity contribution >= 4 is 5.91 Å². The largest absolute Gasteiger partial charge is 0.388 e. The lowest BCUT2D eigenvalue weighted by Gasteiger charge is -2.36. The van der Waals surface area contributed by atoms with Gasteiger partial charge in [0.25, 0.3) is 0 Å². The average Bonchev–Trinajstić information content (AvgIpc) is 2.47. The van der Waals surface area contributed by atoms with E-state index in [1.807, 2.05) is 30.3 Å². The zero-order valence-corrected chi connectivity index (χ0v) is 12.5. The number of carbonyl (C=O) groups excluding carboxylic acids is 1. The van der Waals surface area contributed by atoms with Gasteiger partial charge in [0, 0.05) is 39.6 Å². The number of aliphatic hydroxyl groups is 1. The SMILES string of the molecule is CN(CC1(O)CCOCC1)C(=O)[C@H](N)Cc1ccccc1. The first kappa shape index (κ1) is 15.9. The second-order valence-electron chi connectivity index (χ2n) is 5.83. The Morgan fingerprint density at radius 3 is 2.62 bits per heavy atom. The molecule has 0 saturated carbocycles. The van der Waals surface area contributed by atoms with E-state index in [1.165, 1.54) is 0 Å². The van der Waals surface area contributed by atoms with Gasteiger partial charge in [0.05, 0.1) is 11.6 Å². The minimum Gasteiger partial charge on any atom is -0.388 e. The van der Waals surface area contributed by atoms with E-state index in [0.717, 1.165) is 5.56 Å². The number of nitrogens with two attached hydrogens (primary N) is 1. The second kappa shape index (κ2) is 7.02. The van der Waals surface area contributed by atoms with Crippen molar-refractivity contribution in [3.05, 3.63) is 35.9 Å². The van der Waals surface area contributed by atoms with Crippen LogP contribution in [0.2, 0.25) is 0 Å². The maximum absolute atomic E-state index is 12.3. The summed E-state index contributed by atoms with van der Waals surface area (Å²) in [5.41, 5.74) is 6.19. The third-order valence-electron chi connectivity index (χ3n) is 3.95. The van der Waals surface area contributed by atoms with E-state index in [1.54, 1.807) is 11.9 Å². The van der Waals surface area contributed by atoms with Crippen LogP contribution in [0.4, 0.5) is 0 Å². The van der Waals surface area contributed by atoms with E-state index in [9.17, 15) is 9.90 Å². The molecule has 5 heteroatoms. The van der Waals surface area contributed by atoms with Crippen LogP contribution in [-0.2, 0) is 16.0 Å². The van der Waals surface area contributed by atoms with Gasteiger partial charge in [-0.05, 0) is 12.0 Å². The molecule has 0 unspecified atom stereocenters. The predicted molar refractivity (Wildman–Crippen MR) is 80.8 cm³/mol. The fourth-order valence-corrected chi connectivity index (χ4v) is 2.67. The lowest BCUT2D eigenvalue weighted by atomic mass is 9.93. The maximum Gasteiger partial charge on any atom is 0.239 e. The molecule has 0 aromatic heterocycles. The summed E-state index contributed by atoms with van der Waals surface area (Å²) in [6.07, 6.45) is 1.61. The topological polar surface area (TPSA) is 75.8 Å². The summed E-state index contributed by atoms with van der Waals surface area (Å²) in [5, 5.41) is 10.4. The minimum atomic E-state index is -0.852. The molecule has 116 valence electrons. The first-order valence-corrected chi connectivity index (χ1v) is 7.35. The number of ether oxygens (including phenoxy) is 1. The van der Waals surface area contributed by atoms with Gasteiger partial charge in [-0.3, -0.25) is 4.79 Å². The molecule has 1 aromatic carbocycles. The van der Waals surface area contributed by atoms with E-state index in [0.29, 0.717) is 39.0 Å². The summed E-state index contributed by atoms with van der Waals surface area (Å²) in [4.78, 5) is 13.9. The molecule has 1 atom stereocenters. The summed E-state index contributed by atoms with van der Waals surface area (Å²) in [6.45, 7) is 1.38. The van der Waals surface area contributed by atoms with Gasteiger partial charge < -0.3 is 20.5 Å². The van der Waals surface area contributed by atoms with Crippen LogP contribution in [0.25, 0.3) is 0 Å². The number of hydrogen-bond donors (Lipinski definition) is 2. The predicted octanol–water partition coefficient (Wildman–Crippen LogP) is 0.556. The fraction of sp³-hybridized carbons (Fsp3) is 0.562. The van der Waals surface area contributed by atoms with Gasteiger partial charge in [-0.25, -0.2) is 0 Å². The molecule has 1 amide bonds. The zero-order chi connectivity index (χ0) is 15.3. The van der Waals surface area contributed by atoms with E-state index < -0.39 is 11.6 Å². The van der Waals surface area contributed by atoms with Crippen molar-refractivity contribution in [3.8, 4) is 0 Å². The van der Waals surface area contributed by atoms with Crippen molar-refractivity contribution in [2.75, 3.05) is 26.8 Å². The fourth-order valence-electron chi connectivity index (χ4n) is 2.67. The molecular formula is C16H24N2O3. The number of amides is 1. The molecule has 1 aliphatic rings. The van der Waals surface area contributed by atoms with Gasteiger partial charge in [-0.15, -0.1) is 0 Å². The van der Waals surface area contributed by atoms with Crippen LogP contribution in [0.1, 0.15) is 18.4 Å². The van der Waals surface area contributed by atoms with Gasteiger partial charge in [-0.1, -0.05) is 30.3 Å². The second-order valence-corrected chi connectivity index (χ2v) is 5.83. The van der Waals surface area contributed by atoms with Crippen LogP contribution in [0.3, 0.4) is 0 Å².